The van der Waals surface area contributed by atoms with Crippen LogP contribution in [0, 0.1) is 0 Å². The fourth-order valence-electron chi connectivity index (χ4n) is 1.17. The van der Waals surface area contributed by atoms with Gasteiger partial charge in [-0.15, -0.1) is 0 Å². The number of unbranched alkanes of at least 4 members (excludes halogenated alkanes) is 1. The van der Waals surface area contributed by atoms with Gasteiger partial charge in [0.15, 0.2) is 0 Å². The van der Waals surface area contributed by atoms with Crippen LogP contribution in [0.2, 0.25) is 0 Å². The van der Waals surface area contributed by atoms with E-state index in [0.717, 1.165) is 12.2 Å². The first kappa shape index (κ1) is 14.8. The maximum atomic E-state index is 11.4. The number of thioether (sulfide) groups is 1. The Kier molecular flexibility index (Phi) is 10.2. The van der Waals surface area contributed by atoms with E-state index in [4.69, 9.17) is 4.74 Å². The van der Waals surface area contributed by atoms with E-state index in [0.29, 0.717) is 6.61 Å². The first-order valence-electron chi connectivity index (χ1n) is 5.67. The molecule has 0 aromatic carbocycles. The summed E-state index contributed by atoms with van der Waals surface area (Å²) in [5.74, 6) is 2.08. The molecule has 0 aromatic heterocycles. The Hall–Kier alpha value is -0.220. The molecule has 0 aromatic rings. The Labute approximate surface area is 97.3 Å². The maximum absolute atomic E-state index is 11.4. The second kappa shape index (κ2) is 10.3. The Bertz CT molecular complexity index is 165. The minimum atomic E-state index is -0.140. The highest BCUT2D eigenvalue weighted by Gasteiger charge is 2.16. The summed E-state index contributed by atoms with van der Waals surface area (Å²) in [7, 11) is 1.80. The number of nitrogens with one attached hydrogen (secondary N) is 1. The predicted molar refractivity (Wildman–Crippen MR) is 66.3 cm³/mol. The summed E-state index contributed by atoms with van der Waals surface area (Å²) in [4.78, 5) is 11.4. The Morgan fingerprint density at radius 1 is 1.40 bits per heavy atom. The SMILES string of the molecule is CCCCSCCC(NC)C(=O)OCC. The summed E-state index contributed by atoms with van der Waals surface area (Å²) < 4.78 is 4.96. The van der Waals surface area contributed by atoms with Gasteiger partial charge in [0.05, 0.1) is 6.61 Å². The van der Waals surface area contributed by atoms with Crippen molar-refractivity contribution < 1.29 is 9.53 Å². The predicted octanol–water partition coefficient (Wildman–Crippen LogP) is 2.06. The first-order valence-corrected chi connectivity index (χ1v) is 6.83. The largest absolute Gasteiger partial charge is 0.465 e. The highest BCUT2D eigenvalue weighted by molar-refractivity contribution is 7.99. The van der Waals surface area contributed by atoms with Crippen LogP contribution in [0.1, 0.15) is 33.1 Å². The molecule has 0 saturated heterocycles. The molecule has 1 unspecified atom stereocenters. The van der Waals surface area contributed by atoms with Crippen molar-refractivity contribution in [3.05, 3.63) is 0 Å². The molecular weight excluding hydrogens is 210 g/mol. The van der Waals surface area contributed by atoms with Gasteiger partial charge in [-0.1, -0.05) is 13.3 Å². The highest BCUT2D eigenvalue weighted by Crippen LogP contribution is 2.08. The number of esters is 1. The van der Waals surface area contributed by atoms with Gasteiger partial charge in [-0.05, 0) is 38.3 Å². The van der Waals surface area contributed by atoms with Crippen molar-refractivity contribution in [1.29, 1.82) is 0 Å². The third-order valence-corrected chi connectivity index (χ3v) is 3.21. The third-order valence-electron chi connectivity index (χ3n) is 2.11. The number of carbonyl (C=O) groups excluding carboxylic acids is 1. The Morgan fingerprint density at radius 3 is 2.67 bits per heavy atom. The number of rotatable bonds is 9. The van der Waals surface area contributed by atoms with E-state index in [9.17, 15) is 4.79 Å². The van der Waals surface area contributed by atoms with Crippen molar-refractivity contribution in [2.75, 3.05) is 25.2 Å². The number of carbonyl (C=O) groups is 1. The Balaban J connectivity index is 3.56. The zero-order valence-corrected chi connectivity index (χ0v) is 10.9. The first-order chi connectivity index (χ1) is 7.26. The van der Waals surface area contributed by atoms with Crippen LogP contribution in [0.25, 0.3) is 0 Å². The van der Waals surface area contributed by atoms with Gasteiger partial charge in [0.25, 0.3) is 0 Å². The molecule has 0 bridgehead atoms. The molecule has 0 aliphatic rings. The lowest BCUT2D eigenvalue weighted by Gasteiger charge is -2.13. The average Bonchev–Trinajstić information content (AvgIpc) is 2.23. The molecule has 0 rings (SSSR count). The molecule has 0 heterocycles. The highest BCUT2D eigenvalue weighted by atomic mass is 32.2. The van der Waals surface area contributed by atoms with Gasteiger partial charge in [-0.25, -0.2) is 0 Å². The van der Waals surface area contributed by atoms with Crippen molar-refractivity contribution in [3.8, 4) is 0 Å². The fraction of sp³-hybridized carbons (Fsp3) is 0.909. The van der Waals surface area contributed by atoms with Crippen LogP contribution in [0.3, 0.4) is 0 Å². The molecule has 0 aliphatic heterocycles. The molecule has 0 spiro atoms. The maximum Gasteiger partial charge on any atom is 0.323 e. The summed E-state index contributed by atoms with van der Waals surface area (Å²) in [5.41, 5.74) is 0. The Morgan fingerprint density at radius 2 is 2.13 bits per heavy atom. The van der Waals surface area contributed by atoms with Crippen LogP contribution in [0.5, 0.6) is 0 Å². The molecule has 3 nitrogen and oxygen atoms in total. The molecule has 1 N–H and O–H groups in total. The molecular formula is C11H23NO2S. The molecule has 15 heavy (non-hydrogen) atoms. The summed E-state index contributed by atoms with van der Waals surface area (Å²) in [6.07, 6.45) is 3.35. The monoisotopic (exact) mass is 233 g/mol. The van der Waals surface area contributed by atoms with Crippen molar-refractivity contribution in [2.45, 2.75) is 39.2 Å². The molecule has 0 aliphatic carbocycles. The van der Waals surface area contributed by atoms with Crippen molar-refractivity contribution >= 4 is 17.7 Å². The van der Waals surface area contributed by atoms with Gasteiger partial charge in [-0.2, -0.15) is 11.8 Å². The van der Waals surface area contributed by atoms with Gasteiger partial charge >= 0.3 is 5.97 Å². The van der Waals surface area contributed by atoms with E-state index in [1.807, 2.05) is 18.7 Å². The zero-order valence-electron chi connectivity index (χ0n) is 10.0. The van der Waals surface area contributed by atoms with E-state index >= 15 is 0 Å². The minimum Gasteiger partial charge on any atom is -0.465 e. The van der Waals surface area contributed by atoms with Crippen LogP contribution in [-0.2, 0) is 9.53 Å². The molecule has 1 atom stereocenters. The number of hydrogen-bond donors (Lipinski definition) is 1. The van der Waals surface area contributed by atoms with Crippen molar-refractivity contribution in [2.24, 2.45) is 0 Å². The topological polar surface area (TPSA) is 38.3 Å². The lowest BCUT2D eigenvalue weighted by molar-refractivity contribution is -0.145. The van der Waals surface area contributed by atoms with Crippen LogP contribution in [0.15, 0.2) is 0 Å². The van der Waals surface area contributed by atoms with Gasteiger partial charge in [-0.3, -0.25) is 4.79 Å². The number of ether oxygens (including phenoxy) is 1. The molecule has 0 radical (unpaired) electrons. The zero-order chi connectivity index (χ0) is 11.5. The van der Waals surface area contributed by atoms with Gasteiger partial charge < -0.3 is 10.1 Å². The molecule has 90 valence electrons. The van der Waals surface area contributed by atoms with E-state index in [-0.39, 0.29) is 12.0 Å². The third kappa shape index (κ3) is 7.68. The van der Waals surface area contributed by atoms with E-state index in [1.165, 1.54) is 18.6 Å². The van der Waals surface area contributed by atoms with E-state index in [1.54, 1.807) is 7.05 Å². The second-order valence-electron chi connectivity index (χ2n) is 3.35. The standard InChI is InChI=1S/C11H23NO2S/c1-4-6-8-15-9-7-10(12-3)11(13)14-5-2/h10,12H,4-9H2,1-3H3. The second-order valence-corrected chi connectivity index (χ2v) is 4.57. The molecule has 0 fully saturated rings. The van der Waals surface area contributed by atoms with Gasteiger partial charge in [0.1, 0.15) is 6.04 Å². The average molecular weight is 233 g/mol. The number of hydrogen-bond acceptors (Lipinski definition) is 4. The van der Waals surface area contributed by atoms with Crippen LogP contribution < -0.4 is 5.32 Å². The van der Waals surface area contributed by atoms with E-state index < -0.39 is 0 Å². The lowest BCUT2D eigenvalue weighted by Crippen LogP contribution is -2.36. The summed E-state index contributed by atoms with van der Waals surface area (Å²) >= 11 is 1.91. The normalized spacial score (nSPS) is 12.5. The van der Waals surface area contributed by atoms with Crippen molar-refractivity contribution in [3.63, 3.8) is 0 Å². The summed E-state index contributed by atoms with van der Waals surface area (Å²) in [6, 6.07) is -0.140. The van der Waals surface area contributed by atoms with Crippen LogP contribution in [-0.4, -0.2) is 37.2 Å². The van der Waals surface area contributed by atoms with Crippen LogP contribution in [0.4, 0.5) is 0 Å². The minimum absolute atomic E-state index is 0.129. The van der Waals surface area contributed by atoms with Crippen molar-refractivity contribution in [1.82, 2.24) is 5.32 Å². The molecule has 4 heteroatoms. The number of likely N-dealkylation sites (N-methyl/N-ethyl adjacent to an activating group) is 1. The fourth-order valence-corrected chi connectivity index (χ4v) is 2.27. The van der Waals surface area contributed by atoms with E-state index in [2.05, 4.69) is 12.2 Å². The van der Waals surface area contributed by atoms with Gasteiger partial charge in [0, 0.05) is 0 Å². The lowest BCUT2D eigenvalue weighted by atomic mass is 10.2. The quantitative estimate of drug-likeness (QED) is 0.489. The molecule has 0 saturated carbocycles. The molecule has 0 amide bonds. The van der Waals surface area contributed by atoms with Gasteiger partial charge in [0.2, 0.25) is 0 Å². The van der Waals surface area contributed by atoms with Crippen LogP contribution >= 0.6 is 11.8 Å². The summed E-state index contributed by atoms with van der Waals surface area (Å²) in [6.45, 7) is 4.48. The smallest absolute Gasteiger partial charge is 0.323 e. The summed E-state index contributed by atoms with van der Waals surface area (Å²) in [5, 5.41) is 2.99.